The lowest BCUT2D eigenvalue weighted by Gasteiger charge is -2.59. The van der Waals surface area contributed by atoms with Gasteiger partial charge in [0.15, 0.2) is 4.90 Å². The Kier molecular flexibility index (Phi) is 13.0. The standard InChI is InChI=1S/C41H64N4O6S/c1-28(2)11-9-12-29(3)34-17-18-35-33-16-15-31-27-32(19-22-40(31,5)36(33)20-23-41(34,35)6)44(26-10-24-43-39(47)21-25-42-30(4)46)52(50,51)38-14-8-7-13-37(38)45(48)49/h7-8,13-15,28-29,32-36H,9-12,16-27H2,1-6H3,(H,42,46)(H,43,47)/t29?,32-,33?,34+,35?,36?,40-,41+/m0/s1. The Labute approximate surface area is 312 Å². The molecule has 10 nitrogen and oxygen atoms in total. The van der Waals surface area contributed by atoms with Crippen LogP contribution < -0.4 is 10.6 Å². The third-order valence-corrected chi connectivity index (χ3v) is 15.9. The summed E-state index contributed by atoms with van der Waals surface area (Å²) in [6.07, 6.45) is 15.4. The molecule has 1 aromatic rings. The number of para-hydroxylation sites is 1. The molecule has 0 aliphatic heterocycles. The number of carbonyl (C=O) groups excluding carboxylic acids is 2. The molecule has 5 rings (SSSR count). The highest BCUT2D eigenvalue weighted by Gasteiger charge is 2.59. The first-order valence-corrected chi connectivity index (χ1v) is 21.5. The summed E-state index contributed by atoms with van der Waals surface area (Å²) in [4.78, 5) is 34.5. The van der Waals surface area contributed by atoms with Crippen LogP contribution in [0.2, 0.25) is 0 Å². The van der Waals surface area contributed by atoms with Gasteiger partial charge in [-0.2, -0.15) is 4.31 Å². The largest absolute Gasteiger partial charge is 0.356 e. The van der Waals surface area contributed by atoms with Crippen molar-refractivity contribution in [1.82, 2.24) is 14.9 Å². The first-order valence-electron chi connectivity index (χ1n) is 20.1. The Morgan fingerprint density at radius 1 is 0.981 bits per heavy atom. The van der Waals surface area contributed by atoms with E-state index in [1.165, 1.54) is 86.0 Å². The van der Waals surface area contributed by atoms with E-state index in [2.05, 4.69) is 51.3 Å². The van der Waals surface area contributed by atoms with E-state index in [1.54, 1.807) is 0 Å². The van der Waals surface area contributed by atoms with Crippen LogP contribution in [0.3, 0.4) is 0 Å². The second kappa shape index (κ2) is 16.7. The zero-order valence-corrected chi connectivity index (χ0v) is 33.3. The van der Waals surface area contributed by atoms with Crippen LogP contribution in [0, 0.1) is 56.5 Å². The molecule has 8 atom stereocenters. The number of nitrogens with zero attached hydrogens (tertiary/aromatic N) is 2. The molecular formula is C41H64N4O6S. The molecule has 4 aliphatic carbocycles. The van der Waals surface area contributed by atoms with Gasteiger partial charge in [0.1, 0.15) is 0 Å². The van der Waals surface area contributed by atoms with Gasteiger partial charge in [-0.1, -0.05) is 77.7 Å². The van der Waals surface area contributed by atoms with Crippen LogP contribution in [0.15, 0.2) is 40.8 Å². The number of benzene rings is 1. The number of hydrogen-bond acceptors (Lipinski definition) is 6. The summed E-state index contributed by atoms with van der Waals surface area (Å²) in [7, 11) is -4.22. The second-order valence-electron chi connectivity index (χ2n) is 17.5. The van der Waals surface area contributed by atoms with Gasteiger partial charge in [-0.15, -0.1) is 0 Å². The van der Waals surface area contributed by atoms with E-state index in [4.69, 9.17) is 0 Å². The van der Waals surface area contributed by atoms with Crippen molar-refractivity contribution in [3.8, 4) is 0 Å². The van der Waals surface area contributed by atoms with Crippen LogP contribution in [0.1, 0.15) is 125 Å². The Hall–Kier alpha value is -2.79. The highest BCUT2D eigenvalue weighted by atomic mass is 32.2. The van der Waals surface area contributed by atoms with Crippen molar-refractivity contribution in [2.45, 2.75) is 136 Å². The van der Waals surface area contributed by atoms with Crippen LogP contribution in [-0.2, 0) is 19.6 Å². The Balaban J connectivity index is 1.32. The van der Waals surface area contributed by atoms with Crippen molar-refractivity contribution >= 4 is 27.5 Å². The maximum absolute atomic E-state index is 14.4. The topological polar surface area (TPSA) is 139 Å². The van der Waals surface area contributed by atoms with Crippen molar-refractivity contribution in [1.29, 1.82) is 0 Å². The van der Waals surface area contributed by atoms with Crippen molar-refractivity contribution in [2.75, 3.05) is 19.6 Å². The predicted molar refractivity (Wildman–Crippen MR) is 205 cm³/mol. The molecule has 3 fully saturated rings. The van der Waals surface area contributed by atoms with E-state index in [9.17, 15) is 28.1 Å². The van der Waals surface area contributed by atoms with Gasteiger partial charge in [-0.05, 0) is 110 Å². The van der Waals surface area contributed by atoms with Gasteiger partial charge in [-0.3, -0.25) is 19.7 Å². The van der Waals surface area contributed by atoms with Crippen molar-refractivity contribution in [3.05, 3.63) is 46.0 Å². The lowest BCUT2D eigenvalue weighted by Crippen LogP contribution is -2.53. The average Bonchev–Trinajstić information content (AvgIpc) is 3.45. The zero-order valence-electron chi connectivity index (χ0n) is 32.5. The maximum atomic E-state index is 14.4. The third kappa shape index (κ3) is 8.45. The molecule has 0 radical (unpaired) electrons. The lowest BCUT2D eigenvalue weighted by atomic mass is 9.47. The second-order valence-corrected chi connectivity index (χ2v) is 19.3. The quantitative estimate of drug-likeness (QED) is 0.0762. The molecule has 0 spiro atoms. The molecule has 290 valence electrons. The van der Waals surface area contributed by atoms with Gasteiger partial charge in [0, 0.05) is 45.1 Å². The van der Waals surface area contributed by atoms with E-state index in [0.29, 0.717) is 36.5 Å². The first-order chi connectivity index (χ1) is 24.6. The minimum atomic E-state index is -4.22. The summed E-state index contributed by atoms with van der Waals surface area (Å²) in [6, 6.07) is 5.28. The van der Waals surface area contributed by atoms with Crippen LogP contribution in [-0.4, -0.2) is 55.1 Å². The number of nitro groups is 1. The van der Waals surface area contributed by atoms with Crippen LogP contribution >= 0.6 is 0 Å². The van der Waals surface area contributed by atoms with Gasteiger partial charge in [0.25, 0.3) is 5.69 Å². The molecular weight excluding hydrogens is 677 g/mol. The number of carbonyl (C=O) groups is 2. The molecule has 52 heavy (non-hydrogen) atoms. The smallest absolute Gasteiger partial charge is 0.289 e. The third-order valence-electron chi connectivity index (χ3n) is 13.9. The fourth-order valence-corrected chi connectivity index (χ4v) is 13.1. The Bertz CT molecular complexity index is 1590. The van der Waals surface area contributed by atoms with Crippen LogP contribution in [0.4, 0.5) is 5.69 Å². The van der Waals surface area contributed by atoms with E-state index in [1.807, 2.05) is 0 Å². The van der Waals surface area contributed by atoms with Gasteiger partial charge < -0.3 is 10.6 Å². The Morgan fingerprint density at radius 3 is 2.44 bits per heavy atom. The molecule has 0 bridgehead atoms. The highest BCUT2D eigenvalue weighted by Crippen LogP contribution is 2.67. The van der Waals surface area contributed by atoms with Gasteiger partial charge >= 0.3 is 0 Å². The summed E-state index contributed by atoms with van der Waals surface area (Å²) in [5.41, 5.74) is 1.36. The number of rotatable bonds is 16. The average molecular weight is 741 g/mol. The minimum absolute atomic E-state index is 0.0256. The SMILES string of the molecule is CC(=O)NCCC(=O)NCCCN([C@H]1CC[C@@]2(C)C(=CCC3C2CC[C@@]2(C)C3CC[C@@H]2C(C)CCCC(C)C)C1)S(=O)(=O)c1ccccc1[N+](=O)[O-]. The molecule has 0 aromatic heterocycles. The molecule has 3 saturated carbocycles. The first kappa shape index (κ1) is 40.4. The number of hydrogen-bond donors (Lipinski definition) is 2. The van der Waals surface area contributed by atoms with Crippen molar-refractivity contribution in [2.24, 2.45) is 46.3 Å². The summed E-state index contributed by atoms with van der Waals surface area (Å²) in [6.45, 7) is 14.2. The van der Waals surface area contributed by atoms with Crippen molar-refractivity contribution in [3.63, 3.8) is 0 Å². The van der Waals surface area contributed by atoms with Gasteiger partial charge in [0.05, 0.1) is 4.92 Å². The van der Waals surface area contributed by atoms with E-state index in [0.717, 1.165) is 36.5 Å². The molecule has 4 aliphatic rings. The minimum Gasteiger partial charge on any atom is -0.356 e. The van der Waals surface area contributed by atoms with E-state index >= 15 is 0 Å². The Morgan fingerprint density at radius 2 is 1.73 bits per heavy atom. The van der Waals surface area contributed by atoms with Crippen molar-refractivity contribution < 1.29 is 22.9 Å². The highest BCUT2D eigenvalue weighted by molar-refractivity contribution is 7.89. The number of fused-ring (bicyclic) bond motifs is 5. The summed E-state index contributed by atoms with van der Waals surface area (Å²) in [5.74, 6) is 3.88. The van der Waals surface area contributed by atoms with Crippen LogP contribution in [0.25, 0.3) is 0 Å². The molecule has 0 heterocycles. The summed E-state index contributed by atoms with van der Waals surface area (Å²) >= 11 is 0. The fraction of sp³-hybridized carbons (Fsp3) is 0.756. The monoisotopic (exact) mass is 740 g/mol. The van der Waals surface area contributed by atoms with E-state index < -0.39 is 20.6 Å². The molecule has 4 unspecified atom stereocenters. The van der Waals surface area contributed by atoms with E-state index in [-0.39, 0.29) is 54.2 Å². The molecule has 11 heteroatoms. The summed E-state index contributed by atoms with van der Waals surface area (Å²) < 4.78 is 30.2. The predicted octanol–water partition coefficient (Wildman–Crippen LogP) is 8.03. The van der Waals surface area contributed by atoms with Gasteiger partial charge in [-0.25, -0.2) is 8.42 Å². The fourth-order valence-electron chi connectivity index (χ4n) is 11.3. The molecule has 0 saturated heterocycles. The van der Waals surface area contributed by atoms with Gasteiger partial charge in [0.2, 0.25) is 21.8 Å². The number of sulfonamides is 1. The molecule has 2 N–H and O–H groups in total. The zero-order chi connectivity index (χ0) is 37.8. The normalized spacial score (nSPS) is 30.5. The number of nitro benzene ring substituents is 1. The molecule has 1 aromatic carbocycles. The maximum Gasteiger partial charge on any atom is 0.289 e. The number of amides is 2. The van der Waals surface area contributed by atoms with Crippen LogP contribution in [0.5, 0.6) is 0 Å². The number of allylic oxidation sites excluding steroid dienone is 1. The molecule has 2 amide bonds. The summed E-state index contributed by atoms with van der Waals surface area (Å²) in [5, 5.41) is 17.4. The number of nitrogens with one attached hydrogen (secondary N) is 2. The lowest BCUT2D eigenvalue weighted by molar-refractivity contribution is -0.387.